The van der Waals surface area contributed by atoms with E-state index in [0.29, 0.717) is 44.7 Å². The van der Waals surface area contributed by atoms with E-state index < -0.39 is 0 Å². The molecule has 2 aromatic heterocycles. The van der Waals surface area contributed by atoms with E-state index in [1.807, 2.05) is 24.3 Å². The number of aromatic nitrogens is 2. The van der Waals surface area contributed by atoms with Crippen LogP contribution in [0, 0.1) is 11.8 Å². The molecular weight excluding hydrogens is 580 g/mol. The number of esters is 2. The fraction of sp³-hybridized carbons (Fsp3) is 0.316. The summed E-state index contributed by atoms with van der Waals surface area (Å²) in [4.78, 5) is 58.2. The minimum atomic E-state index is -0.186. The topological polar surface area (TPSA) is 118 Å². The van der Waals surface area contributed by atoms with Gasteiger partial charge in [-0.1, -0.05) is 38.5 Å². The van der Waals surface area contributed by atoms with E-state index in [1.54, 1.807) is 36.4 Å². The Balaban J connectivity index is 1.11. The van der Waals surface area contributed by atoms with Crippen molar-refractivity contribution in [3.63, 3.8) is 0 Å². The first-order valence-corrected chi connectivity index (χ1v) is 16.3. The summed E-state index contributed by atoms with van der Waals surface area (Å²) in [5, 5.41) is 0.902. The third-order valence-corrected chi connectivity index (χ3v) is 9.42. The lowest BCUT2D eigenvalue weighted by atomic mass is 9.89. The number of pyridine rings is 2. The SMILES string of the molecule is O=C(Oc1ccc(-c2cc(=O)c3cc4[nH]c(-c5ccc(OC(=O)C6CCCCC6)cc5)cc(=O)c4cc3[nH]2)cc1)C1CCCCC1. The number of H-pyrrole nitrogens is 2. The number of hydrogen-bond donors (Lipinski definition) is 2. The Morgan fingerprint density at radius 2 is 0.891 bits per heavy atom. The molecule has 3 aromatic carbocycles. The molecule has 2 aliphatic carbocycles. The van der Waals surface area contributed by atoms with Crippen LogP contribution in [0.1, 0.15) is 64.2 Å². The summed E-state index contributed by atoms with van der Waals surface area (Å²) in [6, 6.07) is 20.6. The Morgan fingerprint density at radius 3 is 1.26 bits per heavy atom. The fourth-order valence-electron chi connectivity index (χ4n) is 6.79. The molecule has 2 saturated carbocycles. The third kappa shape index (κ3) is 6.25. The van der Waals surface area contributed by atoms with Gasteiger partial charge in [-0.25, -0.2) is 0 Å². The quantitative estimate of drug-likeness (QED) is 0.115. The van der Waals surface area contributed by atoms with Crippen LogP contribution in [-0.4, -0.2) is 21.9 Å². The van der Waals surface area contributed by atoms with Gasteiger partial charge in [0.05, 0.1) is 22.9 Å². The molecule has 8 nitrogen and oxygen atoms in total. The second-order valence-corrected chi connectivity index (χ2v) is 12.6. The minimum absolute atomic E-state index is 0.0397. The number of fused-ring (bicyclic) bond motifs is 2. The lowest BCUT2D eigenvalue weighted by molar-refractivity contribution is -0.140. The van der Waals surface area contributed by atoms with Crippen molar-refractivity contribution in [3.8, 4) is 34.0 Å². The maximum Gasteiger partial charge on any atom is 0.314 e. The van der Waals surface area contributed by atoms with Crippen molar-refractivity contribution in [2.75, 3.05) is 0 Å². The smallest absolute Gasteiger partial charge is 0.314 e. The van der Waals surface area contributed by atoms with E-state index in [-0.39, 0.29) is 34.6 Å². The first kappa shape index (κ1) is 29.7. The summed E-state index contributed by atoms with van der Waals surface area (Å²) in [6.07, 6.45) is 10.1. The van der Waals surface area contributed by atoms with Crippen molar-refractivity contribution in [3.05, 3.63) is 93.2 Å². The standard InChI is InChI=1S/C38H36N2O6/c41-35-21-31(23-11-15-27(16-12-23)45-37(43)25-7-3-1-4-8-25)39-33-19-30-34(20-29(33)35)40-32(22-36(30)42)24-13-17-28(18-14-24)46-38(44)26-9-5-2-6-10-26/h11-22,25-26H,1-10H2,(H,39,41)(H,40,42). The van der Waals surface area contributed by atoms with Gasteiger partial charge in [0.15, 0.2) is 10.9 Å². The van der Waals surface area contributed by atoms with Crippen LogP contribution in [0.25, 0.3) is 44.3 Å². The maximum atomic E-state index is 13.3. The molecule has 5 aromatic rings. The molecule has 46 heavy (non-hydrogen) atoms. The summed E-state index contributed by atoms with van der Waals surface area (Å²) < 4.78 is 11.2. The molecule has 234 valence electrons. The predicted octanol–water partition coefficient (Wildman–Crippen LogP) is 7.68. The van der Waals surface area contributed by atoms with Crippen LogP contribution in [-0.2, 0) is 9.59 Å². The summed E-state index contributed by atoms with van der Waals surface area (Å²) >= 11 is 0. The Morgan fingerprint density at radius 1 is 0.522 bits per heavy atom. The van der Waals surface area contributed by atoms with Crippen LogP contribution < -0.4 is 20.3 Å². The second kappa shape index (κ2) is 12.8. The zero-order chi connectivity index (χ0) is 31.6. The van der Waals surface area contributed by atoms with Crippen LogP contribution in [0.5, 0.6) is 11.5 Å². The van der Waals surface area contributed by atoms with Gasteiger partial charge in [0.1, 0.15) is 11.5 Å². The highest BCUT2D eigenvalue weighted by Crippen LogP contribution is 2.29. The number of carbonyl (C=O) groups is 2. The summed E-state index contributed by atoms with van der Waals surface area (Å²) in [5.74, 6) is 0.513. The van der Waals surface area contributed by atoms with Crippen molar-refractivity contribution in [1.82, 2.24) is 9.97 Å². The molecule has 0 bridgehead atoms. The highest BCUT2D eigenvalue weighted by atomic mass is 16.5. The van der Waals surface area contributed by atoms with E-state index in [0.717, 1.165) is 62.5 Å². The lowest BCUT2D eigenvalue weighted by Gasteiger charge is -2.19. The average molecular weight is 617 g/mol. The van der Waals surface area contributed by atoms with Gasteiger partial charge in [-0.2, -0.15) is 0 Å². The number of nitrogens with one attached hydrogen (secondary N) is 2. The van der Waals surface area contributed by atoms with Crippen molar-refractivity contribution in [2.24, 2.45) is 11.8 Å². The lowest BCUT2D eigenvalue weighted by Crippen LogP contribution is -2.22. The van der Waals surface area contributed by atoms with Crippen LogP contribution in [0.15, 0.2) is 82.4 Å². The highest BCUT2D eigenvalue weighted by molar-refractivity contribution is 5.96. The Bertz CT molecular complexity index is 1880. The minimum Gasteiger partial charge on any atom is -0.426 e. The van der Waals surface area contributed by atoms with E-state index in [9.17, 15) is 19.2 Å². The molecule has 8 heteroatoms. The third-order valence-electron chi connectivity index (χ3n) is 9.42. The van der Waals surface area contributed by atoms with Crippen molar-refractivity contribution in [2.45, 2.75) is 64.2 Å². The maximum absolute atomic E-state index is 13.3. The number of aromatic amines is 2. The number of benzene rings is 3. The van der Waals surface area contributed by atoms with Gasteiger partial charge in [0, 0.05) is 34.3 Å². The van der Waals surface area contributed by atoms with Gasteiger partial charge in [-0.15, -0.1) is 0 Å². The normalized spacial score (nSPS) is 16.0. The monoisotopic (exact) mass is 616 g/mol. The van der Waals surface area contributed by atoms with Gasteiger partial charge in [-0.05, 0) is 97.5 Å². The molecule has 7 rings (SSSR count). The van der Waals surface area contributed by atoms with Crippen LogP contribution in [0.3, 0.4) is 0 Å². The molecule has 0 saturated heterocycles. The van der Waals surface area contributed by atoms with Gasteiger partial charge < -0.3 is 19.4 Å². The Hall–Kier alpha value is -4.98. The van der Waals surface area contributed by atoms with Crippen LogP contribution in [0.2, 0.25) is 0 Å². The van der Waals surface area contributed by atoms with Crippen molar-refractivity contribution >= 4 is 33.7 Å². The zero-order valence-corrected chi connectivity index (χ0v) is 25.6. The molecule has 2 N–H and O–H groups in total. The number of carbonyl (C=O) groups excluding carboxylic acids is 2. The first-order chi connectivity index (χ1) is 22.4. The van der Waals surface area contributed by atoms with Crippen molar-refractivity contribution < 1.29 is 19.1 Å². The summed E-state index contributed by atoms with van der Waals surface area (Å²) in [6.45, 7) is 0. The summed E-state index contributed by atoms with van der Waals surface area (Å²) in [7, 11) is 0. The molecule has 2 fully saturated rings. The Kier molecular flexibility index (Phi) is 8.26. The second-order valence-electron chi connectivity index (χ2n) is 12.6. The van der Waals surface area contributed by atoms with E-state index in [2.05, 4.69) is 9.97 Å². The van der Waals surface area contributed by atoms with Crippen LogP contribution in [0.4, 0.5) is 0 Å². The number of ether oxygens (including phenoxy) is 2. The molecule has 0 aliphatic heterocycles. The Labute approximate surface area is 265 Å². The highest BCUT2D eigenvalue weighted by Gasteiger charge is 2.24. The van der Waals surface area contributed by atoms with E-state index in [4.69, 9.17) is 9.47 Å². The van der Waals surface area contributed by atoms with Gasteiger partial charge >= 0.3 is 11.9 Å². The van der Waals surface area contributed by atoms with Gasteiger partial charge in [0.25, 0.3) is 0 Å². The molecular formula is C38H36N2O6. The largest absolute Gasteiger partial charge is 0.426 e. The molecule has 0 atom stereocenters. The van der Waals surface area contributed by atoms with Gasteiger partial charge in [0.2, 0.25) is 0 Å². The van der Waals surface area contributed by atoms with E-state index >= 15 is 0 Å². The molecule has 0 unspecified atom stereocenters. The fourth-order valence-corrected chi connectivity index (χ4v) is 6.79. The molecule has 0 spiro atoms. The van der Waals surface area contributed by atoms with E-state index in [1.165, 1.54) is 25.0 Å². The van der Waals surface area contributed by atoms with Crippen LogP contribution >= 0.6 is 0 Å². The molecule has 0 amide bonds. The molecule has 0 radical (unpaired) electrons. The van der Waals surface area contributed by atoms with Crippen molar-refractivity contribution in [1.29, 1.82) is 0 Å². The number of hydrogen-bond acceptors (Lipinski definition) is 6. The first-order valence-electron chi connectivity index (χ1n) is 16.3. The van der Waals surface area contributed by atoms with Gasteiger partial charge in [-0.3, -0.25) is 19.2 Å². The molecule has 2 aliphatic rings. The average Bonchev–Trinajstić information content (AvgIpc) is 3.09. The summed E-state index contributed by atoms with van der Waals surface area (Å²) in [5.41, 5.74) is 3.43. The zero-order valence-electron chi connectivity index (χ0n) is 25.6. The number of rotatable bonds is 6. The molecule has 2 heterocycles. The predicted molar refractivity (Wildman–Crippen MR) is 178 cm³/mol.